The van der Waals surface area contributed by atoms with Crippen molar-refractivity contribution in [2.75, 3.05) is 23.4 Å². The van der Waals surface area contributed by atoms with Crippen LogP contribution in [0.1, 0.15) is 52.4 Å². The van der Waals surface area contributed by atoms with E-state index in [1.807, 2.05) is 6.07 Å². The maximum absolute atomic E-state index is 5.39. The smallest absolute Gasteiger partial charge is 0.145 e. The van der Waals surface area contributed by atoms with Crippen LogP contribution in [0.4, 0.5) is 11.6 Å². The molecule has 0 unspecified atom stereocenters. The van der Waals surface area contributed by atoms with Gasteiger partial charge in [0, 0.05) is 19.2 Å². The van der Waals surface area contributed by atoms with Crippen LogP contribution in [0.2, 0.25) is 0 Å². The van der Waals surface area contributed by atoms with Crippen LogP contribution >= 0.6 is 0 Å². The summed E-state index contributed by atoms with van der Waals surface area (Å²) in [6.07, 6.45) is 9.14. The summed E-state index contributed by atoms with van der Waals surface area (Å²) in [6, 6.07) is 1.90. The molecule has 0 saturated carbocycles. The van der Waals surface area contributed by atoms with Crippen molar-refractivity contribution in [2.24, 2.45) is 5.84 Å². The van der Waals surface area contributed by atoms with Crippen molar-refractivity contribution in [1.82, 2.24) is 9.97 Å². The van der Waals surface area contributed by atoms with Gasteiger partial charge in [0.2, 0.25) is 0 Å². The Morgan fingerprint density at radius 1 is 1.05 bits per heavy atom. The Bertz CT molecular complexity index is 342. The third-order valence-electron chi connectivity index (χ3n) is 3.15. The van der Waals surface area contributed by atoms with Crippen molar-refractivity contribution in [3.63, 3.8) is 0 Å². The second kappa shape index (κ2) is 9.55. The Kier molecular flexibility index (Phi) is 7.89. The van der Waals surface area contributed by atoms with Crippen molar-refractivity contribution in [2.45, 2.75) is 52.4 Å². The zero-order chi connectivity index (χ0) is 13.9. The lowest BCUT2D eigenvalue weighted by molar-refractivity contribution is 0.613. The van der Waals surface area contributed by atoms with Gasteiger partial charge in [-0.2, -0.15) is 0 Å². The van der Waals surface area contributed by atoms with Crippen LogP contribution in [-0.4, -0.2) is 23.1 Å². The third kappa shape index (κ3) is 5.87. The van der Waals surface area contributed by atoms with Gasteiger partial charge in [0.25, 0.3) is 0 Å². The monoisotopic (exact) mass is 265 g/mol. The number of unbranched alkanes of at least 4 members (excludes halogenated alkanes) is 4. The Balaban J connectivity index is 2.50. The Hall–Kier alpha value is -1.36. The summed E-state index contributed by atoms with van der Waals surface area (Å²) < 4.78 is 0. The van der Waals surface area contributed by atoms with Crippen LogP contribution in [0.25, 0.3) is 0 Å². The average molecular weight is 265 g/mol. The first-order valence-electron chi connectivity index (χ1n) is 7.35. The van der Waals surface area contributed by atoms with E-state index in [0.29, 0.717) is 5.82 Å². The maximum Gasteiger partial charge on any atom is 0.145 e. The minimum Gasteiger partial charge on any atom is -0.356 e. The van der Waals surface area contributed by atoms with Gasteiger partial charge in [-0.25, -0.2) is 15.8 Å². The molecule has 3 N–H and O–H groups in total. The van der Waals surface area contributed by atoms with Gasteiger partial charge in [0.05, 0.1) is 0 Å². The van der Waals surface area contributed by atoms with Crippen LogP contribution in [0.5, 0.6) is 0 Å². The molecule has 0 amide bonds. The van der Waals surface area contributed by atoms with Crippen LogP contribution in [0, 0.1) is 0 Å². The molecule has 1 rings (SSSR count). The van der Waals surface area contributed by atoms with Crippen molar-refractivity contribution in [3.8, 4) is 0 Å². The number of nitrogens with one attached hydrogen (secondary N) is 1. The summed E-state index contributed by atoms with van der Waals surface area (Å²) >= 11 is 0. The minimum absolute atomic E-state index is 0.664. The van der Waals surface area contributed by atoms with Crippen molar-refractivity contribution in [3.05, 3.63) is 12.4 Å². The number of nitrogen functional groups attached to an aromatic ring is 1. The van der Waals surface area contributed by atoms with Crippen molar-refractivity contribution in [1.29, 1.82) is 0 Å². The number of anilines is 2. The molecule has 0 saturated heterocycles. The van der Waals surface area contributed by atoms with E-state index in [0.717, 1.165) is 25.3 Å². The van der Waals surface area contributed by atoms with Gasteiger partial charge in [-0.3, -0.25) is 0 Å². The summed E-state index contributed by atoms with van der Waals surface area (Å²) in [4.78, 5) is 10.7. The molecule has 0 atom stereocenters. The Morgan fingerprint density at radius 3 is 2.53 bits per heavy atom. The Morgan fingerprint density at radius 2 is 1.84 bits per heavy atom. The van der Waals surface area contributed by atoms with Crippen LogP contribution < -0.4 is 16.2 Å². The largest absolute Gasteiger partial charge is 0.356 e. The fourth-order valence-corrected chi connectivity index (χ4v) is 2.12. The fourth-order valence-electron chi connectivity index (χ4n) is 2.12. The molecule has 108 valence electrons. The van der Waals surface area contributed by atoms with E-state index in [1.165, 1.54) is 32.1 Å². The summed E-state index contributed by atoms with van der Waals surface area (Å²) in [5.74, 6) is 7.01. The quantitative estimate of drug-likeness (QED) is 0.387. The molecule has 1 heterocycles. The van der Waals surface area contributed by atoms with E-state index in [1.54, 1.807) is 6.33 Å². The number of hydrogen-bond acceptors (Lipinski definition) is 5. The first-order chi connectivity index (χ1) is 9.31. The maximum atomic E-state index is 5.39. The van der Waals surface area contributed by atoms with Crippen LogP contribution in [0.3, 0.4) is 0 Å². The number of hydrazine groups is 1. The van der Waals surface area contributed by atoms with Gasteiger partial charge in [0.15, 0.2) is 0 Å². The highest BCUT2D eigenvalue weighted by Gasteiger charge is 2.07. The van der Waals surface area contributed by atoms with Gasteiger partial charge >= 0.3 is 0 Å². The topological polar surface area (TPSA) is 67.1 Å². The Labute approximate surface area is 116 Å². The van der Waals surface area contributed by atoms with Gasteiger partial charge in [-0.1, -0.05) is 39.5 Å². The van der Waals surface area contributed by atoms with Crippen molar-refractivity contribution >= 4 is 11.6 Å². The molecule has 19 heavy (non-hydrogen) atoms. The van der Waals surface area contributed by atoms with Gasteiger partial charge < -0.3 is 10.3 Å². The molecule has 0 aliphatic carbocycles. The fraction of sp³-hybridized carbons (Fsp3) is 0.714. The molecular formula is C14H27N5. The second-order valence-corrected chi connectivity index (χ2v) is 4.81. The van der Waals surface area contributed by atoms with Gasteiger partial charge in [0.1, 0.15) is 18.0 Å². The number of rotatable bonds is 10. The predicted molar refractivity (Wildman–Crippen MR) is 81.1 cm³/mol. The first-order valence-corrected chi connectivity index (χ1v) is 7.35. The van der Waals surface area contributed by atoms with E-state index >= 15 is 0 Å². The molecular weight excluding hydrogens is 238 g/mol. The van der Waals surface area contributed by atoms with Gasteiger partial charge in [-0.15, -0.1) is 0 Å². The minimum atomic E-state index is 0.664. The summed E-state index contributed by atoms with van der Waals surface area (Å²) in [6.45, 7) is 6.51. The SMILES string of the molecule is CCCCCCCN(CCC)c1cc(NN)ncn1. The lowest BCUT2D eigenvalue weighted by Gasteiger charge is -2.23. The van der Waals surface area contributed by atoms with E-state index in [2.05, 4.69) is 34.1 Å². The number of nitrogens with two attached hydrogens (primary N) is 1. The average Bonchev–Trinajstić information content (AvgIpc) is 2.46. The highest BCUT2D eigenvalue weighted by molar-refractivity contribution is 5.47. The highest BCUT2D eigenvalue weighted by Crippen LogP contribution is 2.15. The lowest BCUT2D eigenvalue weighted by atomic mass is 10.1. The summed E-state index contributed by atoms with van der Waals surface area (Å²) in [5, 5.41) is 0. The van der Waals surface area contributed by atoms with E-state index in [9.17, 15) is 0 Å². The molecule has 0 fully saturated rings. The molecule has 0 bridgehead atoms. The lowest BCUT2D eigenvalue weighted by Crippen LogP contribution is -2.26. The normalized spacial score (nSPS) is 10.5. The van der Waals surface area contributed by atoms with Gasteiger partial charge in [-0.05, 0) is 12.8 Å². The van der Waals surface area contributed by atoms with E-state index < -0.39 is 0 Å². The molecule has 0 aromatic carbocycles. The number of hydrogen-bond donors (Lipinski definition) is 2. The highest BCUT2D eigenvalue weighted by atomic mass is 15.3. The first kappa shape index (κ1) is 15.7. The van der Waals surface area contributed by atoms with Crippen LogP contribution in [0.15, 0.2) is 12.4 Å². The molecule has 5 heteroatoms. The summed E-state index contributed by atoms with van der Waals surface area (Å²) in [7, 11) is 0. The molecule has 5 nitrogen and oxygen atoms in total. The summed E-state index contributed by atoms with van der Waals surface area (Å²) in [5.41, 5.74) is 2.57. The molecule has 0 aliphatic rings. The molecule has 0 radical (unpaired) electrons. The third-order valence-corrected chi connectivity index (χ3v) is 3.15. The molecule has 1 aromatic heterocycles. The van der Waals surface area contributed by atoms with E-state index in [-0.39, 0.29) is 0 Å². The molecule has 0 spiro atoms. The standard InChI is InChI=1S/C14H27N5/c1-3-5-6-7-8-10-19(9-4-2)14-11-13(18-15)16-12-17-14/h11-12H,3-10,15H2,1-2H3,(H,16,17,18). The predicted octanol–water partition coefficient (Wildman–Crippen LogP) is 2.95. The molecule has 0 aliphatic heterocycles. The van der Waals surface area contributed by atoms with Crippen LogP contribution in [-0.2, 0) is 0 Å². The second-order valence-electron chi connectivity index (χ2n) is 4.81. The zero-order valence-electron chi connectivity index (χ0n) is 12.2. The zero-order valence-corrected chi connectivity index (χ0v) is 12.2. The number of nitrogens with zero attached hydrogens (tertiary/aromatic N) is 3. The van der Waals surface area contributed by atoms with Crippen molar-refractivity contribution < 1.29 is 0 Å². The molecule has 1 aromatic rings. The number of aromatic nitrogens is 2. The van der Waals surface area contributed by atoms with E-state index in [4.69, 9.17) is 5.84 Å².